The Kier molecular flexibility index (Phi) is 365. The van der Waals surface area contributed by atoms with Crippen LogP contribution in [0.1, 0.15) is 67.7 Å². The largest absolute Gasteiger partial charge is 2.00 e. The molecule has 0 aliphatic carbocycles. The first-order chi connectivity index (χ1) is 5.33. The monoisotopic (exact) mass is 360 g/mol. The first kappa shape index (κ1) is 37.3. The maximum Gasteiger partial charge on any atom is 2.00 e. The molecule has 0 amide bonds. The molecule has 0 atom stereocenters. The predicted molar refractivity (Wildman–Crippen MR) is 65.3 cm³/mol. The van der Waals surface area contributed by atoms with Crippen LogP contribution in [-0.2, 0) is 21.1 Å². The molecule has 0 rings (SSSR count). The third-order valence-electron chi connectivity index (χ3n) is 0.500. The number of hydrogen-bond donors (Lipinski definition) is 0. The van der Waals surface area contributed by atoms with Crippen molar-refractivity contribution in [1.29, 1.82) is 0 Å². The summed E-state index contributed by atoms with van der Waals surface area (Å²) < 4.78 is 0. The normalized spacial score (nSPS) is 4.62. The van der Waals surface area contributed by atoms with Gasteiger partial charge < -0.3 is 14.4 Å². The Morgan fingerprint density at radius 2 is 0.846 bits per heavy atom. The van der Waals surface area contributed by atoms with Crippen molar-refractivity contribution >= 4 is 0 Å². The molecule has 0 fully saturated rings. The maximum absolute atomic E-state index is 3.49. The molecule has 0 heterocycles. The van der Waals surface area contributed by atoms with E-state index >= 15 is 0 Å². The van der Waals surface area contributed by atoms with Gasteiger partial charge in [0, 0.05) is 0 Å². The number of rotatable bonds is 1. The Hall–Kier alpha value is 0.688. The molecule has 0 spiro atoms. The minimum absolute atomic E-state index is 0. The standard InChI is InChI=1S/C4H10.C3H7.2C2H6.CH3.W/c1-3-4-2;1-3-2;2*1-2;;/h3-4H2,1-2H3;1,3H2,2H3;2*1-2H3;1H3;/q;-1;;;-1;+2. The van der Waals surface area contributed by atoms with Crippen molar-refractivity contribution in [2.75, 3.05) is 0 Å². The molecular weight excluding hydrogens is 328 g/mol. The summed E-state index contributed by atoms with van der Waals surface area (Å²) in [6, 6.07) is 0. The number of unbranched alkanes of at least 4 members (excludes halogenated alkanes) is 1. The van der Waals surface area contributed by atoms with Crippen molar-refractivity contribution in [3.63, 3.8) is 0 Å². The van der Waals surface area contributed by atoms with E-state index in [9.17, 15) is 0 Å². The molecule has 0 N–H and O–H groups in total. The van der Waals surface area contributed by atoms with Gasteiger partial charge in [-0.05, 0) is 0 Å². The zero-order chi connectivity index (χ0) is 10.1. The van der Waals surface area contributed by atoms with E-state index in [1.54, 1.807) is 0 Å². The Morgan fingerprint density at radius 3 is 0.846 bits per heavy atom. The Balaban J connectivity index is -0.0000000125. The molecule has 0 nitrogen and oxygen atoms in total. The van der Waals surface area contributed by atoms with Gasteiger partial charge in [-0.2, -0.15) is 6.42 Å². The van der Waals surface area contributed by atoms with Crippen molar-refractivity contribution in [2.45, 2.75) is 67.7 Å². The van der Waals surface area contributed by atoms with E-state index in [2.05, 4.69) is 20.8 Å². The zero-order valence-corrected chi connectivity index (χ0v) is 14.2. The van der Waals surface area contributed by atoms with Gasteiger partial charge in [0.1, 0.15) is 0 Å². The summed E-state index contributed by atoms with van der Waals surface area (Å²) in [4.78, 5) is 0. The van der Waals surface area contributed by atoms with Gasteiger partial charge >= 0.3 is 21.1 Å². The molecule has 1 heteroatoms. The van der Waals surface area contributed by atoms with Crippen LogP contribution in [0.5, 0.6) is 0 Å². The second-order valence-corrected chi connectivity index (χ2v) is 1.50. The van der Waals surface area contributed by atoms with E-state index < -0.39 is 0 Å². The van der Waals surface area contributed by atoms with Gasteiger partial charge in [0.2, 0.25) is 0 Å². The van der Waals surface area contributed by atoms with E-state index in [4.69, 9.17) is 0 Å². The average Bonchev–Trinajstić information content (AvgIpc) is 2.12. The quantitative estimate of drug-likeness (QED) is 0.539. The fourth-order valence-electron chi connectivity index (χ4n) is 0. The molecular formula is C12H32W. The van der Waals surface area contributed by atoms with Crippen molar-refractivity contribution in [3.05, 3.63) is 14.4 Å². The summed E-state index contributed by atoms with van der Waals surface area (Å²) in [6.07, 6.45) is 3.64. The van der Waals surface area contributed by atoms with Crippen LogP contribution in [0, 0.1) is 14.4 Å². The smallest absolute Gasteiger partial charge is 0.358 e. The van der Waals surface area contributed by atoms with Crippen LogP contribution in [0.15, 0.2) is 0 Å². The van der Waals surface area contributed by atoms with Crippen LogP contribution in [-0.4, -0.2) is 0 Å². The molecule has 0 aromatic heterocycles. The third-order valence-corrected chi connectivity index (χ3v) is 0.500. The van der Waals surface area contributed by atoms with E-state index in [1.807, 2.05) is 34.6 Å². The van der Waals surface area contributed by atoms with Gasteiger partial charge in [-0.3, -0.25) is 0 Å². The summed E-state index contributed by atoms with van der Waals surface area (Å²) in [7, 11) is 0. The second kappa shape index (κ2) is 127. The average molecular weight is 360 g/mol. The van der Waals surface area contributed by atoms with Crippen LogP contribution in [0.4, 0.5) is 0 Å². The SMILES string of the molecule is CC.CC.CCCC.[CH2-]CC.[CH3-].[W+2]. The fourth-order valence-corrected chi connectivity index (χ4v) is 0. The molecule has 0 aliphatic heterocycles. The van der Waals surface area contributed by atoms with Crippen molar-refractivity contribution in [2.24, 2.45) is 0 Å². The summed E-state index contributed by atoms with van der Waals surface area (Å²) in [5.41, 5.74) is 0. The minimum Gasteiger partial charge on any atom is -0.358 e. The molecule has 0 saturated carbocycles. The van der Waals surface area contributed by atoms with Crippen molar-refractivity contribution in [3.8, 4) is 0 Å². The molecule has 0 unspecified atom stereocenters. The Morgan fingerprint density at radius 1 is 0.769 bits per heavy atom. The molecule has 13 heavy (non-hydrogen) atoms. The van der Waals surface area contributed by atoms with Gasteiger partial charge in [0.25, 0.3) is 0 Å². The van der Waals surface area contributed by atoms with Gasteiger partial charge in [-0.25, -0.2) is 0 Å². The van der Waals surface area contributed by atoms with Crippen molar-refractivity contribution in [1.82, 2.24) is 0 Å². The number of hydrogen-bond acceptors (Lipinski definition) is 0. The first-order valence-corrected chi connectivity index (χ1v) is 5.12. The molecule has 0 aromatic carbocycles. The van der Waals surface area contributed by atoms with Crippen molar-refractivity contribution < 1.29 is 21.1 Å². The molecule has 86 valence electrons. The van der Waals surface area contributed by atoms with Crippen LogP contribution >= 0.6 is 0 Å². The van der Waals surface area contributed by atoms with Gasteiger partial charge in [0.05, 0.1) is 0 Å². The van der Waals surface area contributed by atoms with Crippen LogP contribution in [0.25, 0.3) is 0 Å². The molecule has 0 radical (unpaired) electrons. The van der Waals surface area contributed by atoms with Crippen LogP contribution in [0.2, 0.25) is 0 Å². The minimum atomic E-state index is 0. The van der Waals surface area contributed by atoms with Gasteiger partial charge in [-0.1, -0.05) is 61.3 Å². The zero-order valence-electron chi connectivity index (χ0n) is 11.2. The van der Waals surface area contributed by atoms with E-state index in [0.29, 0.717) is 0 Å². The predicted octanol–water partition coefficient (Wildman–Crippen LogP) is 5.54. The Bertz CT molecular complexity index is 12.6. The summed E-state index contributed by atoms with van der Waals surface area (Å²) >= 11 is 0. The molecule has 0 bridgehead atoms. The topological polar surface area (TPSA) is 0 Å². The van der Waals surface area contributed by atoms with E-state index in [1.165, 1.54) is 12.8 Å². The van der Waals surface area contributed by atoms with Crippen LogP contribution < -0.4 is 0 Å². The summed E-state index contributed by atoms with van der Waals surface area (Å²) in [5, 5.41) is 0. The summed E-state index contributed by atoms with van der Waals surface area (Å²) in [6.45, 7) is 17.9. The maximum atomic E-state index is 3.49. The van der Waals surface area contributed by atoms with Gasteiger partial charge in [-0.15, -0.1) is 0 Å². The van der Waals surface area contributed by atoms with E-state index in [0.717, 1.165) is 6.42 Å². The third kappa shape index (κ3) is 509. The molecule has 0 saturated heterocycles. The molecule has 0 aliphatic rings. The first-order valence-electron chi connectivity index (χ1n) is 5.12. The van der Waals surface area contributed by atoms with E-state index in [-0.39, 0.29) is 28.5 Å². The summed E-state index contributed by atoms with van der Waals surface area (Å²) in [5.74, 6) is 0. The van der Waals surface area contributed by atoms with Gasteiger partial charge in [0.15, 0.2) is 0 Å². The van der Waals surface area contributed by atoms with Crippen LogP contribution in [0.3, 0.4) is 0 Å². The fraction of sp³-hybridized carbons (Fsp3) is 0.833. The second-order valence-electron chi connectivity index (χ2n) is 1.50. The Labute approximate surface area is 103 Å². The molecule has 0 aromatic rings.